The minimum absolute atomic E-state index is 0.00138. The van der Waals surface area contributed by atoms with Gasteiger partial charge in [-0.05, 0) is 25.7 Å². The van der Waals surface area contributed by atoms with Crippen molar-refractivity contribution < 1.29 is 9.59 Å². The van der Waals surface area contributed by atoms with E-state index in [4.69, 9.17) is 11.5 Å². The van der Waals surface area contributed by atoms with Crippen molar-refractivity contribution in [1.29, 1.82) is 0 Å². The zero-order valence-electron chi connectivity index (χ0n) is 9.11. The predicted octanol–water partition coefficient (Wildman–Crippen LogP) is -0.552. The lowest BCUT2D eigenvalue weighted by Crippen LogP contribution is -2.41. The normalized spacial score (nSPS) is 26.0. The molecule has 0 unspecified atom stereocenters. The number of hydrogen-bond donors (Lipinski definition) is 2. The molecule has 0 saturated heterocycles. The van der Waals surface area contributed by atoms with Gasteiger partial charge >= 0.3 is 0 Å². The molecule has 1 fully saturated rings. The smallest absolute Gasteiger partial charge is 0.237 e. The van der Waals surface area contributed by atoms with E-state index in [1.165, 1.54) is 4.90 Å². The van der Waals surface area contributed by atoms with Crippen molar-refractivity contribution in [2.24, 2.45) is 17.4 Å². The molecular formula is C10H19N3O2. The van der Waals surface area contributed by atoms with Gasteiger partial charge in [-0.3, -0.25) is 9.59 Å². The maximum atomic E-state index is 11.8. The lowest BCUT2D eigenvalue weighted by atomic mass is 9.85. The van der Waals surface area contributed by atoms with Gasteiger partial charge in [0.1, 0.15) is 0 Å². The summed E-state index contributed by atoms with van der Waals surface area (Å²) in [5.41, 5.74) is 10.8. The second-order valence-electron chi connectivity index (χ2n) is 4.27. The summed E-state index contributed by atoms with van der Waals surface area (Å²) in [5.74, 6) is -0.437. The fraction of sp³-hybridized carbons (Fsp3) is 0.800. The fourth-order valence-electron chi connectivity index (χ4n) is 1.99. The van der Waals surface area contributed by atoms with Gasteiger partial charge in [0.15, 0.2) is 0 Å². The number of carbonyl (C=O) groups excluding carboxylic acids is 2. The van der Waals surface area contributed by atoms with Gasteiger partial charge in [-0.1, -0.05) is 0 Å². The van der Waals surface area contributed by atoms with Gasteiger partial charge in [0.05, 0.1) is 6.54 Å². The van der Waals surface area contributed by atoms with Crippen LogP contribution in [-0.2, 0) is 9.59 Å². The molecule has 0 bridgehead atoms. The van der Waals surface area contributed by atoms with Crippen LogP contribution >= 0.6 is 0 Å². The summed E-state index contributed by atoms with van der Waals surface area (Å²) in [4.78, 5) is 23.9. The predicted molar refractivity (Wildman–Crippen MR) is 56.8 cm³/mol. The third-order valence-corrected chi connectivity index (χ3v) is 2.89. The molecule has 1 rings (SSSR count). The summed E-state index contributed by atoms with van der Waals surface area (Å²) in [6.07, 6.45) is 3.42. The number of carbonyl (C=O) groups is 2. The van der Waals surface area contributed by atoms with Crippen LogP contribution in [0.3, 0.4) is 0 Å². The van der Waals surface area contributed by atoms with Gasteiger partial charge in [-0.25, -0.2) is 0 Å². The molecule has 0 radical (unpaired) electrons. The van der Waals surface area contributed by atoms with E-state index in [2.05, 4.69) is 0 Å². The van der Waals surface area contributed by atoms with Crippen LogP contribution in [0, 0.1) is 5.92 Å². The van der Waals surface area contributed by atoms with E-state index in [-0.39, 0.29) is 24.4 Å². The lowest BCUT2D eigenvalue weighted by Gasteiger charge is -2.28. The van der Waals surface area contributed by atoms with E-state index < -0.39 is 5.91 Å². The molecule has 0 spiro atoms. The molecule has 86 valence electrons. The molecule has 1 aliphatic rings. The summed E-state index contributed by atoms with van der Waals surface area (Å²) in [6.45, 7) is 0.00138. The standard InChI is InChI=1S/C10H19N3O2/c1-13(6-9(12)14)10(15)7-2-4-8(11)5-3-7/h7-8H,2-6,11H2,1H3,(H2,12,14). The minimum Gasteiger partial charge on any atom is -0.368 e. The largest absolute Gasteiger partial charge is 0.368 e. The first-order chi connectivity index (χ1) is 7.00. The highest BCUT2D eigenvalue weighted by Gasteiger charge is 2.27. The molecule has 0 aromatic heterocycles. The Kier molecular flexibility index (Phi) is 4.08. The molecule has 0 atom stereocenters. The van der Waals surface area contributed by atoms with E-state index >= 15 is 0 Å². The van der Waals surface area contributed by atoms with Crippen molar-refractivity contribution in [3.8, 4) is 0 Å². The SMILES string of the molecule is CN(CC(N)=O)C(=O)C1CCC(N)CC1. The average Bonchev–Trinajstić information content (AvgIpc) is 2.17. The van der Waals surface area contributed by atoms with Crippen LogP contribution < -0.4 is 11.5 Å². The van der Waals surface area contributed by atoms with Crippen molar-refractivity contribution >= 4 is 11.8 Å². The molecule has 1 aliphatic carbocycles. The fourth-order valence-corrected chi connectivity index (χ4v) is 1.99. The van der Waals surface area contributed by atoms with E-state index in [1.54, 1.807) is 7.05 Å². The van der Waals surface area contributed by atoms with Crippen LogP contribution in [0.15, 0.2) is 0 Å². The van der Waals surface area contributed by atoms with Crippen molar-refractivity contribution in [3.05, 3.63) is 0 Å². The second kappa shape index (κ2) is 5.11. The summed E-state index contributed by atoms with van der Waals surface area (Å²) in [6, 6.07) is 0.232. The first-order valence-corrected chi connectivity index (χ1v) is 5.29. The summed E-state index contributed by atoms with van der Waals surface area (Å²) < 4.78 is 0. The Hall–Kier alpha value is -1.10. The lowest BCUT2D eigenvalue weighted by molar-refractivity contribution is -0.138. The summed E-state index contributed by atoms with van der Waals surface area (Å²) in [7, 11) is 1.61. The maximum Gasteiger partial charge on any atom is 0.237 e. The minimum atomic E-state index is -0.474. The average molecular weight is 213 g/mol. The van der Waals surface area contributed by atoms with Crippen molar-refractivity contribution in [1.82, 2.24) is 4.90 Å². The van der Waals surface area contributed by atoms with Gasteiger partial charge < -0.3 is 16.4 Å². The van der Waals surface area contributed by atoms with Gasteiger partial charge in [0, 0.05) is 19.0 Å². The Morgan fingerprint density at radius 2 is 1.80 bits per heavy atom. The highest BCUT2D eigenvalue weighted by atomic mass is 16.2. The third kappa shape index (κ3) is 3.51. The number of amides is 2. The third-order valence-electron chi connectivity index (χ3n) is 2.89. The van der Waals surface area contributed by atoms with E-state index in [1.807, 2.05) is 0 Å². The maximum absolute atomic E-state index is 11.8. The number of likely N-dealkylation sites (N-methyl/N-ethyl adjacent to an activating group) is 1. The number of nitrogens with two attached hydrogens (primary N) is 2. The number of hydrogen-bond acceptors (Lipinski definition) is 3. The van der Waals surface area contributed by atoms with Crippen LogP contribution in [0.1, 0.15) is 25.7 Å². The van der Waals surface area contributed by atoms with Crippen LogP contribution in [-0.4, -0.2) is 36.3 Å². The molecule has 5 heteroatoms. The molecule has 0 aliphatic heterocycles. The zero-order chi connectivity index (χ0) is 11.4. The molecule has 2 amide bonds. The number of rotatable bonds is 3. The zero-order valence-corrected chi connectivity index (χ0v) is 9.11. The van der Waals surface area contributed by atoms with Crippen LogP contribution in [0.25, 0.3) is 0 Å². The van der Waals surface area contributed by atoms with Gasteiger partial charge in [0.2, 0.25) is 11.8 Å². The molecule has 0 aromatic carbocycles. The Bertz CT molecular complexity index is 247. The highest BCUT2D eigenvalue weighted by Crippen LogP contribution is 2.24. The molecule has 5 nitrogen and oxygen atoms in total. The van der Waals surface area contributed by atoms with Crippen molar-refractivity contribution in [3.63, 3.8) is 0 Å². The van der Waals surface area contributed by atoms with E-state index in [0.717, 1.165) is 25.7 Å². The second-order valence-corrected chi connectivity index (χ2v) is 4.27. The number of nitrogens with zero attached hydrogens (tertiary/aromatic N) is 1. The van der Waals surface area contributed by atoms with Crippen molar-refractivity contribution in [2.75, 3.05) is 13.6 Å². The first kappa shape index (κ1) is 12.0. The van der Waals surface area contributed by atoms with Gasteiger partial charge in [0.25, 0.3) is 0 Å². The van der Waals surface area contributed by atoms with E-state index in [9.17, 15) is 9.59 Å². The summed E-state index contributed by atoms with van der Waals surface area (Å²) >= 11 is 0. The molecule has 4 N–H and O–H groups in total. The monoisotopic (exact) mass is 213 g/mol. The van der Waals surface area contributed by atoms with Crippen LogP contribution in [0.5, 0.6) is 0 Å². The van der Waals surface area contributed by atoms with Gasteiger partial charge in [-0.2, -0.15) is 0 Å². The Labute approximate surface area is 89.8 Å². The molecular weight excluding hydrogens is 194 g/mol. The quantitative estimate of drug-likeness (QED) is 0.659. The molecule has 0 heterocycles. The van der Waals surface area contributed by atoms with Crippen LogP contribution in [0.2, 0.25) is 0 Å². The van der Waals surface area contributed by atoms with Gasteiger partial charge in [-0.15, -0.1) is 0 Å². The highest BCUT2D eigenvalue weighted by molar-refractivity contribution is 5.84. The molecule has 0 aromatic rings. The first-order valence-electron chi connectivity index (χ1n) is 5.29. The number of primary amides is 1. The van der Waals surface area contributed by atoms with Crippen LogP contribution in [0.4, 0.5) is 0 Å². The molecule has 15 heavy (non-hydrogen) atoms. The van der Waals surface area contributed by atoms with Crippen molar-refractivity contribution in [2.45, 2.75) is 31.7 Å². The molecule has 1 saturated carbocycles. The Morgan fingerprint density at radius 1 is 1.27 bits per heavy atom. The van der Waals surface area contributed by atoms with E-state index in [0.29, 0.717) is 0 Å². The summed E-state index contributed by atoms with van der Waals surface area (Å²) in [5, 5.41) is 0. The topological polar surface area (TPSA) is 89.4 Å². The Balaban J connectivity index is 2.42. The Morgan fingerprint density at radius 3 is 2.27 bits per heavy atom.